The van der Waals surface area contributed by atoms with Gasteiger partial charge < -0.3 is 14.6 Å². The predicted molar refractivity (Wildman–Crippen MR) is 76.1 cm³/mol. The van der Waals surface area contributed by atoms with Crippen molar-refractivity contribution < 1.29 is 4.74 Å². The quantitative estimate of drug-likeness (QED) is 0.723. The fourth-order valence-electron chi connectivity index (χ4n) is 2.04. The SMILES string of the molecule is CCCCNc1nc(C)cn1C(COC)C(C)C. The lowest BCUT2D eigenvalue weighted by Crippen LogP contribution is -2.22. The first kappa shape index (κ1) is 15.0. The number of rotatable bonds is 8. The number of nitrogens with one attached hydrogen (secondary N) is 1. The van der Waals surface area contributed by atoms with Gasteiger partial charge in [0, 0.05) is 19.9 Å². The molecule has 1 rings (SSSR count). The Morgan fingerprint density at radius 2 is 2.17 bits per heavy atom. The summed E-state index contributed by atoms with van der Waals surface area (Å²) in [6.45, 7) is 10.4. The van der Waals surface area contributed by atoms with Gasteiger partial charge in [-0.05, 0) is 19.3 Å². The van der Waals surface area contributed by atoms with Gasteiger partial charge >= 0.3 is 0 Å². The largest absolute Gasteiger partial charge is 0.383 e. The van der Waals surface area contributed by atoms with Gasteiger partial charge in [-0.2, -0.15) is 0 Å². The second-order valence-corrected chi connectivity index (χ2v) is 5.16. The lowest BCUT2D eigenvalue weighted by Gasteiger charge is -2.23. The normalized spacial score (nSPS) is 13.0. The Kier molecular flexibility index (Phi) is 6.19. The smallest absolute Gasteiger partial charge is 0.203 e. The van der Waals surface area contributed by atoms with Gasteiger partial charge in [-0.25, -0.2) is 4.98 Å². The molecule has 0 aromatic carbocycles. The lowest BCUT2D eigenvalue weighted by atomic mass is 10.1. The third kappa shape index (κ3) is 4.02. The van der Waals surface area contributed by atoms with Gasteiger partial charge in [-0.1, -0.05) is 27.2 Å². The van der Waals surface area contributed by atoms with Gasteiger partial charge in [0.15, 0.2) is 0 Å². The van der Waals surface area contributed by atoms with Gasteiger partial charge in [-0.3, -0.25) is 0 Å². The molecule has 0 radical (unpaired) electrons. The van der Waals surface area contributed by atoms with Crippen LogP contribution in [-0.4, -0.2) is 29.8 Å². The highest BCUT2D eigenvalue weighted by molar-refractivity contribution is 5.29. The predicted octanol–water partition coefficient (Wildman–Crippen LogP) is 3.25. The van der Waals surface area contributed by atoms with Crippen LogP contribution in [0.1, 0.15) is 45.3 Å². The number of methoxy groups -OCH3 is 1. The van der Waals surface area contributed by atoms with Crippen molar-refractivity contribution in [1.82, 2.24) is 9.55 Å². The topological polar surface area (TPSA) is 39.1 Å². The maximum absolute atomic E-state index is 5.33. The molecule has 0 saturated heterocycles. The summed E-state index contributed by atoms with van der Waals surface area (Å²) in [5.41, 5.74) is 1.05. The van der Waals surface area contributed by atoms with E-state index in [9.17, 15) is 0 Å². The molecule has 1 aromatic heterocycles. The van der Waals surface area contributed by atoms with Crippen molar-refractivity contribution in [2.75, 3.05) is 25.6 Å². The highest BCUT2D eigenvalue weighted by Crippen LogP contribution is 2.23. The van der Waals surface area contributed by atoms with E-state index in [0.29, 0.717) is 12.0 Å². The van der Waals surface area contributed by atoms with Gasteiger partial charge in [0.2, 0.25) is 5.95 Å². The van der Waals surface area contributed by atoms with E-state index >= 15 is 0 Å². The molecular formula is C14H27N3O. The Morgan fingerprint density at radius 1 is 1.44 bits per heavy atom. The zero-order valence-electron chi connectivity index (χ0n) is 12.4. The summed E-state index contributed by atoms with van der Waals surface area (Å²) >= 11 is 0. The van der Waals surface area contributed by atoms with Gasteiger partial charge in [-0.15, -0.1) is 0 Å². The standard InChI is InChI=1S/C14H27N3O/c1-6-7-8-15-14-16-12(4)9-17(14)13(10-18-5)11(2)3/h9,11,13H,6-8,10H2,1-5H3,(H,15,16). The number of anilines is 1. The maximum Gasteiger partial charge on any atom is 0.203 e. The molecule has 4 heteroatoms. The third-order valence-corrected chi connectivity index (χ3v) is 3.13. The fourth-order valence-corrected chi connectivity index (χ4v) is 2.04. The molecule has 1 heterocycles. The van der Waals surface area contributed by atoms with Gasteiger partial charge in [0.05, 0.1) is 18.3 Å². The fraction of sp³-hybridized carbons (Fsp3) is 0.786. The monoisotopic (exact) mass is 253 g/mol. The van der Waals surface area contributed by atoms with E-state index < -0.39 is 0 Å². The highest BCUT2D eigenvalue weighted by Gasteiger charge is 2.19. The summed E-state index contributed by atoms with van der Waals surface area (Å²) in [4.78, 5) is 4.56. The van der Waals surface area contributed by atoms with E-state index in [1.54, 1.807) is 7.11 Å². The molecule has 0 fully saturated rings. The number of unbranched alkanes of at least 4 members (excludes halogenated alkanes) is 1. The Bertz CT molecular complexity index is 347. The van der Waals surface area contributed by atoms with Crippen LogP contribution < -0.4 is 5.32 Å². The number of nitrogens with zero attached hydrogens (tertiary/aromatic N) is 2. The molecule has 0 amide bonds. The van der Waals surface area contributed by atoms with E-state index in [-0.39, 0.29) is 0 Å². The van der Waals surface area contributed by atoms with E-state index in [1.165, 1.54) is 12.8 Å². The van der Waals surface area contributed by atoms with Gasteiger partial charge in [0.1, 0.15) is 0 Å². The average Bonchev–Trinajstić information content (AvgIpc) is 2.67. The lowest BCUT2D eigenvalue weighted by molar-refractivity contribution is 0.134. The van der Waals surface area contributed by atoms with E-state index in [1.807, 2.05) is 6.92 Å². The number of aryl methyl sites for hydroxylation is 1. The minimum atomic E-state index is 0.334. The highest BCUT2D eigenvalue weighted by atomic mass is 16.5. The molecule has 104 valence electrons. The molecule has 1 atom stereocenters. The molecule has 18 heavy (non-hydrogen) atoms. The second kappa shape index (κ2) is 7.41. The number of hydrogen-bond acceptors (Lipinski definition) is 3. The molecule has 4 nitrogen and oxygen atoms in total. The molecule has 0 aliphatic carbocycles. The first-order valence-corrected chi connectivity index (χ1v) is 6.88. The van der Waals surface area contributed by atoms with Crippen LogP contribution in [0.15, 0.2) is 6.20 Å². The molecule has 0 aliphatic rings. The van der Waals surface area contributed by atoms with Crippen LogP contribution in [0.3, 0.4) is 0 Å². The zero-order chi connectivity index (χ0) is 13.5. The molecule has 1 unspecified atom stereocenters. The van der Waals surface area contributed by atoms with Crippen LogP contribution in [-0.2, 0) is 4.74 Å². The Balaban J connectivity index is 2.84. The van der Waals surface area contributed by atoms with Crippen molar-refractivity contribution >= 4 is 5.95 Å². The Labute approximate surface area is 111 Å². The van der Waals surface area contributed by atoms with Crippen molar-refractivity contribution in [3.63, 3.8) is 0 Å². The Hall–Kier alpha value is -1.03. The molecule has 0 aliphatic heterocycles. The zero-order valence-corrected chi connectivity index (χ0v) is 12.4. The number of imidazole rings is 1. The summed E-state index contributed by atoms with van der Waals surface area (Å²) in [6, 6.07) is 0.334. The second-order valence-electron chi connectivity index (χ2n) is 5.16. The van der Waals surface area contributed by atoms with E-state index in [2.05, 4.69) is 41.8 Å². The van der Waals surface area contributed by atoms with Gasteiger partial charge in [0.25, 0.3) is 0 Å². The van der Waals surface area contributed by atoms with Crippen LogP contribution in [0, 0.1) is 12.8 Å². The molecule has 1 N–H and O–H groups in total. The minimum absolute atomic E-state index is 0.334. The summed E-state index contributed by atoms with van der Waals surface area (Å²) in [5.74, 6) is 1.49. The number of aromatic nitrogens is 2. The first-order valence-electron chi connectivity index (χ1n) is 6.88. The third-order valence-electron chi connectivity index (χ3n) is 3.13. The molecular weight excluding hydrogens is 226 g/mol. The van der Waals surface area contributed by atoms with E-state index in [0.717, 1.165) is 24.8 Å². The summed E-state index contributed by atoms with van der Waals surface area (Å²) < 4.78 is 7.55. The summed E-state index contributed by atoms with van der Waals surface area (Å²) in [7, 11) is 1.75. The van der Waals surface area contributed by atoms with Crippen LogP contribution >= 0.6 is 0 Å². The summed E-state index contributed by atoms with van der Waals surface area (Å²) in [5, 5.41) is 3.43. The van der Waals surface area contributed by atoms with Crippen LogP contribution in [0.25, 0.3) is 0 Å². The number of ether oxygens (including phenoxy) is 1. The average molecular weight is 253 g/mol. The van der Waals surface area contributed by atoms with E-state index in [4.69, 9.17) is 4.74 Å². The van der Waals surface area contributed by atoms with Crippen molar-refractivity contribution in [3.05, 3.63) is 11.9 Å². The molecule has 0 spiro atoms. The Morgan fingerprint density at radius 3 is 2.72 bits per heavy atom. The van der Waals surface area contributed by atoms with Crippen molar-refractivity contribution in [2.45, 2.75) is 46.6 Å². The molecule has 0 saturated carbocycles. The van der Waals surface area contributed by atoms with Crippen LogP contribution in [0.5, 0.6) is 0 Å². The maximum atomic E-state index is 5.33. The summed E-state index contributed by atoms with van der Waals surface area (Å²) in [6.07, 6.45) is 4.47. The minimum Gasteiger partial charge on any atom is -0.383 e. The first-order chi connectivity index (χ1) is 8.60. The van der Waals surface area contributed by atoms with Crippen molar-refractivity contribution in [1.29, 1.82) is 0 Å². The molecule has 1 aromatic rings. The number of hydrogen-bond donors (Lipinski definition) is 1. The van der Waals surface area contributed by atoms with Crippen LogP contribution in [0.4, 0.5) is 5.95 Å². The van der Waals surface area contributed by atoms with Crippen molar-refractivity contribution in [2.24, 2.45) is 5.92 Å². The molecule has 0 bridgehead atoms. The van der Waals surface area contributed by atoms with Crippen LogP contribution in [0.2, 0.25) is 0 Å². The van der Waals surface area contributed by atoms with Crippen molar-refractivity contribution in [3.8, 4) is 0 Å².